The van der Waals surface area contributed by atoms with Crippen molar-refractivity contribution in [3.05, 3.63) is 62.0 Å². The Kier molecular flexibility index (Phi) is 5.67. The first-order chi connectivity index (χ1) is 10.0. The predicted octanol–water partition coefficient (Wildman–Crippen LogP) is 5.19. The first-order valence-corrected chi connectivity index (χ1v) is 8.02. The van der Waals surface area contributed by atoms with E-state index < -0.39 is 6.04 Å². The third-order valence-corrected chi connectivity index (χ3v) is 4.58. The van der Waals surface area contributed by atoms with E-state index in [1.165, 1.54) is 7.11 Å². The summed E-state index contributed by atoms with van der Waals surface area (Å²) in [5, 5.41) is 3.69. The van der Waals surface area contributed by atoms with E-state index in [-0.39, 0.29) is 5.97 Å². The zero-order valence-electron chi connectivity index (χ0n) is 11.1. The van der Waals surface area contributed by atoms with E-state index >= 15 is 0 Å². The fraction of sp³-hybridized carbons (Fsp3) is 0.133. The van der Waals surface area contributed by atoms with E-state index in [0.717, 1.165) is 20.2 Å². The zero-order valence-corrected chi connectivity index (χ0v) is 15.0. The molecule has 0 bridgehead atoms. The van der Waals surface area contributed by atoms with Crippen molar-refractivity contribution in [1.82, 2.24) is 0 Å². The van der Waals surface area contributed by atoms with Gasteiger partial charge < -0.3 is 10.1 Å². The van der Waals surface area contributed by atoms with E-state index in [1.54, 1.807) is 12.1 Å². The van der Waals surface area contributed by atoms with Crippen molar-refractivity contribution in [2.45, 2.75) is 6.04 Å². The van der Waals surface area contributed by atoms with Crippen LogP contribution in [0.25, 0.3) is 0 Å². The van der Waals surface area contributed by atoms with E-state index in [0.29, 0.717) is 5.02 Å². The average molecular weight is 434 g/mol. The van der Waals surface area contributed by atoms with Crippen molar-refractivity contribution in [2.75, 3.05) is 12.4 Å². The van der Waals surface area contributed by atoms with Crippen molar-refractivity contribution >= 4 is 55.1 Å². The Balaban J connectivity index is 2.34. The van der Waals surface area contributed by atoms with E-state index in [1.807, 2.05) is 30.3 Å². The van der Waals surface area contributed by atoms with Gasteiger partial charge >= 0.3 is 5.97 Å². The van der Waals surface area contributed by atoms with Gasteiger partial charge in [0.25, 0.3) is 0 Å². The summed E-state index contributed by atoms with van der Waals surface area (Å²) in [7, 11) is 1.36. The molecule has 0 aromatic heterocycles. The molecular weight excluding hydrogens is 421 g/mol. The Labute approximate surface area is 144 Å². The molecular formula is C15H12Br2ClNO2. The molecule has 21 heavy (non-hydrogen) atoms. The van der Waals surface area contributed by atoms with Crippen molar-refractivity contribution in [2.24, 2.45) is 0 Å². The van der Waals surface area contributed by atoms with Crippen LogP contribution in [0.5, 0.6) is 0 Å². The number of methoxy groups -OCH3 is 1. The first kappa shape index (κ1) is 16.3. The van der Waals surface area contributed by atoms with Gasteiger partial charge in [0.05, 0.1) is 12.1 Å². The Bertz CT molecular complexity index is 664. The van der Waals surface area contributed by atoms with Crippen LogP contribution in [0, 0.1) is 0 Å². The molecule has 6 heteroatoms. The lowest BCUT2D eigenvalue weighted by molar-refractivity contribution is -0.141. The Morgan fingerprint density at radius 2 is 2.00 bits per heavy atom. The number of hydrogen-bond donors (Lipinski definition) is 1. The van der Waals surface area contributed by atoms with Gasteiger partial charge in [-0.15, -0.1) is 0 Å². The van der Waals surface area contributed by atoms with Crippen LogP contribution in [-0.2, 0) is 9.53 Å². The number of benzene rings is 2. The molecule has 0 aliphatic heterocycles. The van der Waals surface area contributed by atoms with Crippen LogP contribution >= 0.6 is 43.5 Å². The lowest BCUT2D eigenvalue weighted by Gasteiger charge is -2.18. The SMILES string of the molecule is COC(=O)C(Nc1cccc(Br)c1)c1ccc(Br)c(Cl)c1. The summed E-state index contributed by atoms with van der Waals surface area (Å²) in [6.45, 7) is 0. The van der Waals surface area contributed by atoms with Gasteiger partial charge in [0, 0.05) is 14.6 Å². The molecule has 3 nitrogen and oxygen atoms in total. The van der Waals surface area contributed by atoms with E-state index in [9.17, 15) is 4.79 Å². The molecule has 1 atom stereocenters. The summed E-state index contributed by atoms with van der Waals surface area (Å²) in [5.74, 6) is -0.381. The normalized spacial score (nSPS) is 11.8. The topological polar surface area (TPSA) is 38.3 Å². The van der Waals surface area contributed by atoms with Gasteiger partial charge in [0.2, 0.25) is 0 Å². The molecule has 0 saturated carbocycles. The smallest absolute Gasteiger partial charge is 0.332 e. The fourth-order valence-corrected chi connectivity index (χ4v) is 2.67. The molecule has 1 N–H and O–H groups in total. The second kappa shape index (κ2) is 7.29. The Hall–Kier alpha value is -1.04. The Morgan fingerprint density at radius 1 is 1.24 bits per heavy atom. The highest BCUT2D eigenvalue weighted by Gasteiger charge is 2.22. The summed E-state index contributed by atoms with van der Waals surface area (Å²) in [5.41, 5.74) is 1.54. The number of nitrogens with one attached hydrogen (secondary N) is 1. The maximum Gasteiger partial charge on any atom is 0.332 e. The van der Waals surface area contributed by atoms with Gasteiger partial charge in [-0.2, -0.15) is 0 Å². The third-order valence-electron chi connectivity index (χ3n) is 2.85. The molecule has 110 valence electrons. The molecule has 1 unspecified atom stereocenters. The molecule has 0 fully saturated rings. The lowest BCUT2D eigenvalue weighted by Crippen LogP contribution is -2.22. The van der Waals surface area contributed by atoms with Crippen LogP contribution in [0.2, 0.25) is 5.02 Å². The first-order valence-electron chi connectivity index (χ1n) is 6.06. The number of anilines is 1. The summed E-state index contributed by atoms with van der Waals surface area (Å²) in [6.07, 6.45) is 0. The van der Waals surface area contributed by atoms with Crippen LogP contribution in [0.4, 0.5) is 5.69 Å². The van der Waals surface area contributed by atoms with Crippen LogP contribution in [-0.4, -0.2) is 13.1 Å². The molecule has 2 rings (SSSR count). The second-order valence-electron chi connectivity index (χ2n) is 4.28. The van der Waals surface area contributed by atoms with Crippen molar-refractivity contribution in [1.29, 1.82) is 0 Å². The van der Waals surface area contributed by atoms with Gasteiger partial charge in [0.1, 0.15) is 0 Å². The van der Waals surface area contributed by atoms with Crippen LogP contribution < -0.4 is 5.32 Å². The molecule has 0 saturated heterocycles. The number of rotatable bonds is 4. The average Bonchev–Trinajstić information content (AvgIpc) is 2.47. The highest BCUT2D eigenvalue weighted by Crippen LogP contribution is 2.29. The van der Waals surface area contributed by atoms with E-state index in [4.69, 9.17) is 16.3 Å². The highest BCUT2D eigenvalue weighted by atomic mass is 79.9. The number of carbonyl (C=O) groups excluding carboxylic acids is 1. The van der Waals surface area contributed by atoms with Crippen molar-refractivity contribution < 1.29 is 9.53 Å². The van der Waals surface area contributed by atoms with Gasteiger partial charge in [-0.3, -0.25) is 0 Å². The van der Waals surface area contributed by atoms with E-state index in [2.05, 4.69) is 37.2 Å². The largest absolute Gasteiger partial charge is 0.467 e. The summed E-state index contributed by atoms with van der Waals surface area (Å²) < 4.78 is 6.57. The van der Waals surface area contributed by atoms with Gasteiger partial charge in [-0.25, -0.2) is 4.79 Å². The van der Waals surface area contributed by atoms with Crippen molar-refractivity contribution in [3.63, 3.8) is 0 Å². The van der Waals surface area contributed by atoms with Gasteiger partial charge in [0.15, 0.2) is 6.04 Å². The minimum atomic E-state index is -0.630. The lowest BCUT2D eigenvalue weighted by atomic mass is 10.1. The predicted molar refractivity (Wildman–Crippen MR) is 91.7 cm³/mol. The molecule has 0 aliphatic carbocycles. The molecule has 0 radical (unpaired) electrons. The minimum Gasteiger partial charge on any atom is -0.467 e. The second-order valence-corrected chi connectivity index (χ2v) is 6.46. The number of hydrogen-bond acceptors (Lipinski definition) is 3. The summed E-state index contributed by atoms with van der Waals surface area (Å²) in [6, 6.07) is 12.3. The molecule has 0 amide bonds. The fourth-order valence-electron chi connectivity index (χ4n) is 1.83. The molecule has 0 spiro atoms. The highest BCUT2D eigenvalue weighted by molar-refractivity contribution is 9.10. The van der Waals surface area contributed by atoms with Crippen molar-refractivity contribution in [3.8, 4) is 0 Å². The number of carbonyl (C=O) groups is 1. The van der Waals surface area contributed by atoms with Crippen LogP contribution in [0.3, 0.4) is 0 Å². The number of ether oxygens (including phenoxy) is 1. The molecule has 2 aromatic carbocycles. The van der Waals surface area contributed by atoms with Crippen LogP contribution in [0.15, 0.2) is 51.4 Å². The van der Waals surface area contributed by atoms with Gasteiger partial charge in [-0.05, 0) is 51.8 Å². The zero-order chi connectivity index (χ0) is 15.4. The summed E-state index contributed by atoms with van der Waals surface area (Å²) >= 11 is 12.8. The maximum atomic E-state index is 12.0. The molecule has 2 aromatic rings. The monoisotopic (exact) mass is 431 g/mol. The number of halogens is 3. The molecule has 0 aliphatic rings. The molecule has 0 heterocycles. The third kappa shape index (κ3) is 4.22. The summed E-state index contributed by atoms with van der Waals surface area (Å²) in [4.78, 5) is 12.0. The van der Waals surface area contributed by atoms with Crippen LogP contribution in [0.1, 0.15) is 11.6 Å². The minimum absolute atomic E-state index is 0.381. The maximum absolute atomic E-state index is 12.0. The number of esters is 1. The Morgan fingerprint density at radius 3 is 2.62 bits per heavy atom. The van der Waals surface area contributed by atoms with Gasteiger partial charge in [-0.1, -0.05) is 39.7 Å². The quantitative estimate of drug-likeness (QED) is 0.675. The standard InChI is InChI=1S/C15H12Br2ClNO2/c1-21-15(20)14(9-5-6-12(17)13(18)7-9)19-11-4-2-3-10(16)8-11/h2-8,14,19H,1H3.